The minimum atomic E-state index is -1.53. The fraction of sp³-hybridized carbons (Fsp3) is 0.235. The standard InChI is InChI=1S/C34H36N8O4/c1-41(34(45)46)29(13-7-17-37-33(35)36)32(44)39-31(43)14-6-12-26-20-30(28-19-24-10-4-5-11-25(24)21-38-28)42(40-26)27-16-15-22-8-2-3-9-23(22)18-27/h2-5,8-11,15-16,18-21,29H,6-7,12-14,17H2,1H3,(H,45,46)(H4,35,36,37)(H,39,43,44)/p-1/t29-/m0/s1. The summed E-state index contributed by atoms with van der Waals surface area (Å²) in [6, 6.07) is 25.1. The Balaban J connectivity index is 1.30. The number of benzene rings is 3. The van der Waals surface area contributed by atoms with Crippen LogP contribution in [0.2, 0.25) is 0 Å². The third-order valence-corrected chi connectivity index (χ3v) is 7.72. The minimum absolute atomic E-state index is 0.0356. The lowest BCUT2D eigenvalue weighted by molar-refractivity contribution is -0.266. The van der Waals surface area contributed by atoms with E-state index in [1.807, 2.05) is 65.5 Å². The molecule has 0 aliphatic heterocycles. The second kappa shape index (κ2) is 14.3. The van der Waals surface area contributed by atoms with Gasteiger partial charge < -0.3 is 26.3 Å². The van der Waals surface area contributed by atoms with Crippen molar-refractivity contribution in [2.75, 3.05) is 13.6 Å². The van der Waals surface area contributed by atoms with Crippen molar-refractivity contribution in [3.63, 3.8) is 0 Å². The zero-order chi connectivity index (χ0) is 32.6. The van der Waals surface area contributed by atoms with Crippen LogP contribution >= 0.6 is 0 Å². The molecule has 0 aliphatic carbocycles. The van der Waals surface area contributed by atoms with Gasteiger partial charge in [-0.15, -0.1) is 0 Å². The van der Waals surface area contributed by atoms with E-state index in [0.29, 0.717) is 19.3 Å². The third kappa shape index (κ3) is 7.65. The molecule has 3 amide bonds. The highest BCUT2D eigenvalue weighted by Crippen LogP contribution is 2.28. The number of hydrogen-bond acceptors (Lipinski definition) is 7. The van der Waals surface area contributed by atoms with E-state index >= 15 is 0 Å². The third-order valence-electron chi connectivity index (χ3n) is 7.72. The summed E-state index contributed by atoms with van der Waals surface area (Å²) >= 11 is 0. The molecule has 236 valence electrons. The maximum absolute atomic E-state index is 12.8. The van der Waals surface area contributed by atoms with Crippen molar-refractivity contribution in [3.05, 3.63) is 90.8 Å². The lowest BCUT2D eigenvalue weighted by atomic mass is 10.1. The van der Waals surface area contributed by atoms with Gasteiger partial charge in [-0.2, -0.15) is 5.10 Å². The Hall–Kier alpha value is -5.78. The number of carboxylic acid groups (broad SMARTS) is 1. The Kier molecular flexibility index (Phi) is 9.86. The fourth-order valence-corrected chi connectivity index (χ4v) is 5.30. The van der Waals surface area contributed by atoms with Gasteiger partial charge in [0.2, 0.25) is 11.8 Å². The van der Waals surface area contributed by atoms with Crippen LogP contribution in [0.15, 0.2) is 90.1 Å². The molecule has 5 rings (SSSR count). The van der Waals surface area contributed by atoms with Gasteiger partial charge in [-0.05, 0) is 66.1 Å². The van der Waals surface area contributed by atoms with Crippen LogP contribution in [0.5, 0.6) is 0 Å². The van der Waals surface area contributed by atoms with Gasteiger partial charge in [-0.3, -0.25) is 24.9 Å². The van der Waals surface area contributed by atoms with E-state index in [2.05, 4.69) is 34.6 Å². The number of amides is 3. The van der Waals surface area contributed by atoms with Crippen LogP contribution in [-0.2, 0) is 16.0 Å². The van der Waals surface area contributed by atoms with Gasteiger partial charge in [-0.25, -0.2) is 4.68 Å². The lowest BCUT2D eigenvalue weighted by Gasteiger charge is -2.28. The van der Waals surface area contributed by atoms with Crippen LogP contribution in [0.25, 0.3) is 38.6 Å². The van der Waals surface area contributed by atoms with Gasteiger partial charge in [0.1, 0.15) is 12.1 Å². The number of likely N-dealkylation sites (N-methyl/N-ethyl adjacent to an activating group) is 1. The zero-order valence-corrected chi connectivity index (χ0v) is 25.4. The summed E-state index contributed by atoms with van der Waals surface area (Å²) in [4.78, 5) is 46.3. The molecule has 5 N–H and O–H groups in total. The van der Waals surface area contributed by atoms with Crippen LogP contribution in [-0.4, -0.2) is 63.2 Å². The lowest BCUT2D eigenvalue weighted by Crippen LogP contribution is -2.52. The van der Waals surface area contributed by atoms with Crippen molar-refractivity contribution >= 4 is 45.4 Å². The summed E-state index contributed by atoms with van der Waals surface area (Å²) < 4.78 is 1.87. The predicted molar refractivity (Wildman–Crippen MR) is 175 cm³/mol. The smallest absolute Gasteiger partial charge is 0.249 e. The summed E-state index contributed by atoms with van der Waals surface area (Å²) in [5.41, 5.74) is 13.8. The molecule has 12 heteroatoms. The highest BCUT2D eigenvalue weighted by atomic mass is 16.4. The number of carbonyl (C=O) groups excluding carboxylic acids is 3. The van der Waals surface area contributed by atoms with Crippen LogP contribution in [0, 0.1) is 0 Å². The van der Waals surface area contributed by atoms with Crippen molar-refractivity contribution in [2.24, 2.45) is 16.5 Å². The van der Waals surface area contributed by atoms with Crippen LogP contribution in [0.1, 0.15) is 31.4 Å². The topological polar surface area (TPSA) is 185 Å². The van der Waals surface area contributed by atoms with Crippen LogP contribution < -0.4 is 21.9 Å². The number of aryl methyl sites for hydroxylation is 1. The highest BCUT2D eigenvalue weighted by molar-refractivity contribution is 5.98. The van der Waals surface area contributed by atoms with E-state index in [-0.39, 0.29) is 25.3 Å². The number of fused-ring (bicyclic) bond motifs is 2. The first kappa shape index (κ1) is 31.6. The van der Waals surface area contributed by atoms with E-state index in [1.165, 1.54) is 7.05 Å². The first-order chi connectivity index (χ1) is 22.2. The van der Waals surface area contributed by atoms with Crippen molar-refractivity contribution in [2.45, 2.75) is 38.1 Å². The molecule has 5 aromatic rings. The minimum Gasteiger partial charge on any atom is -0.530 e. The van der Waals surface area contributed by atoms with Crippen LogP contribution in [0.3, 0.4) is 0 Å². The number of carbonyl (C=O) groups is 3. The maximum Gasteiger partial charge on any atom is 0.249 e. The molecule has 2 aromatic heterocycles. The average Bonchev–Trinajstić information content (AvgIpc) is 3.48. The van der Waals surface area contributed by atoms with Gasteiger partial charge >= 0.3 is 0 Å². The zero-order valence-electron chi connectivity index (χ0n) is 25.4. The molecule has 0 radical (unpaired) electrons. The summed E-state index contributed by atoms with van der Waals surface area (Å²) in [5, 5.41) is 22.9. The van der Waals surface area contributed by atoms with Crippen molar-refractivity contribution < 1.29 is 19.5 Å². The Bertz CT molecular complexity index is 1820. The van der Waals surface area contributed by atoms with Gasteiger partial charge in [0.15, 0.2) is 5.96 Å². The number of nitrogens with two attached hydrogens (primary N) is 2. The second-order valence-electron chi connectivity index (χ2n) is 11.0. The molecule has 1 atom stereocenters. The Morgan fingerprint density at radius 1 is 0.935 bits per heavy atom. The molecule has 12 nitrogen and oxygen atoms in total. The maximum atomic E-state index is 12.8. The number of aromatic nitrogens is 3. The Labute approximate surface area is 265 Å². The molecule has 0 saturated heterocycles. The SMILES string of the molecule is CN(C(=O)[O-])[C@@H](CCCN=C(N)N)C(=O)NC(=O)CCCc1cc(-c2cc3ccccc3cn2)n(-c2ccc3ccccc3c2)n1. The molecule has 0 fully saturated rings. The van der Waals surface area contributed by atoms with Crippen molar-refractivity contribution in [1.29, 1.82) is 0 Å². The summed E-state index contributed by atoms with van der Waals surface area (Å²) in [6.07, 6.45) is 1.65. The first-order valence-electron chi connectivity index (χ1n) is 15.0. The molecule has 46 heavy (non-hydrogen) atoms. The average molecular weight is 620 g/mol. The molecule has 3 aromatic carbocycles. The van der Waals surface area contributed by atoms with E-state index in [1.54, 1.807) is 0 Å². The Morgan fingerprint density at radius 2 is 1.63 bits per heavy atom. The summed E-state index contributed by atoms with van der Waals surface area (Å²) in [5.74, 6) is -1.35. The summed E-state index contributed by atoms with van der Waals surface area (Å²) in [6.45, 7) is 0.212. The molecule has 0 bridgehead atoms. The number of nitrogens with zero attached hydrogens (tertiary/aromatic N) is 5. The van der Waals surface area contributed by atoms with E-state index < -0.39 is 23.9 Å². The largest absolute Gasteiger partial charge is 0.530 e. The summed E-state index contributed by atoms with van der Waals surface area (Å²) in [7, 11) is 1.22. The normalized spacial score (nSPS) is 11.7. The number of nitrogens with one attached hydrogen (secondary N) is 1. The number of aliphatic imine (C=N–C) groups is 1. The first-order valence-corrected chi connectivity index (χ1v) is 15.0. The fourth-order valence-electron chi connectivity index (χ4n) is 5.30. The van der Waals surface area contributed by atoms with Crippen molar-refractivity contribution in [3.8, 4) is 17.1 Å². The van der Waals surface area contributed by atoms with E-state index in [0.717, 1.165) is 49.2 Å². The quantitative estimate of drug-likeness (QED) is 0.108. The molecule has 0 saturated carbocycles. The molecular weight excluding hydrogens is 584 g/mol. The monoisotopic (exact) mass is 619 g/mol. The van der Waals surface area contributed by atoms with Gasteiger partial charge in [0.25, 0.3) is 0 Å². The number of imide groups is 1. The van der Waals surface area contributed by atoms with E-state index in [9.17, 15) is 19.5 Å². The van der Waals surface area contributed by atoms with Crippen LogP contribution in [0.4, 0.5) is 4.79 Å². The number of rotatable bonds is 12. The second-order valence-corrected chi connectivity index (χ2v) is 11.0. The molecule has 0 aliphatic rings. The highest BCUT2D eigenvalue weighted by Gasteiger charge is 2.24. The molecule has 0 unspecified atom stereocenters. The molecule has 2 heterocycles. The predicted octanol–water partition coefficient (Wildman–Crippen LogP) is 2.90. The van der Waals surface area contributed by atoms with E-state index in [4.69, 9.17) is 21.5 Å². The Morgan fingerprint density at radius 3 is 2.35 bits per heavy atom. The van der Waals surface area contributed by atoms with Gasteiger partial charge in [0.05, 0.1) is 22.8 Å². The molecular formula is C34H35N8O4-. The number of guanidine groups is 1. The van der Waals surface area contributed by atoms with Gasteiger partial charge in [0, 0.05) is 31.6 Å². The van der Waals surface area contributed by atoms with Gasteiger partial charge in [-0.1, -0.05) is 54.6 Å². The molecule has 0 spiro atoms. The van der Waals surface area contributed by atoms with Crippen molar-refractivity contribution in [1.82, 2.24) is 25.0 Å². The number of pyridine rings is 1. The number of hydrogen-bond donors (Lipinski definition) is 3.